The molecule has 0 fully saturated rings. The summed E-state index contributed by atoms with van der Waals surface area (Å²) >= 11 is 0. The second kappa shape index (κ2) is 8.01. The van der Waals surface area contributed by atoms with E-state index < -0.39 is 23.6 Å². The van der Waals surface area contributed by atoms with Crippen molar-refractivity contribution in [1.29, 1.82) is 0 Å². The van der Waals surface area contributed by atoms with E-state index in [1.807, 2.05) is 13.8 Å². The average molecular weight is 309 g/mol. The first kappa shape index (κ1) is 18.6. The first-order valence-electron chi connectivity index (χ1n) is 6.00. The van der Waals surface area contributed by atoms with Gasteiger partial charge in [0.1, 0.15) is 0 Å². The van der Waals surface area contributed by atoms with Gasteiger partial charge in [0, 0.05) is 12.1 Å². The Morgan fingerprint density at radius 2 is 2.00 bits per heavy atom. The number of anilines is 1. The van der Waals surface area contributed by atoms with Gasteiger partial charge in [-0.1, -0.05) is 20.3 Å². The van der Waals surface area contributed by atoms with E-state index in [2.05, 4.69) is 10.1 Å². The third-order valence-corrected chi connectivity index (χ3v) is 3.06. The van der Waals surface area contributed by atoms with Crippen LogP contribution < -0.4 is 15.8 Å². The largest absolute Gasteiger partial charge is 0.494 e. The van der Waals surface area contributed by atoms with Crippen molar-refractivity contribution in [3.05, 3.63) is 23.8 Å². The van der Waals surface area contributed by atoms with Crippen LogP contribution in [-0.4, -0.2) is 19.1 Å². The molecule has 3 N–H and O–H groups in total. The van der Waals surface area contributed by atoms with E-state index in [0.717, 1.165) is 12.1 Å². The number of nitrogens with two attached hydrogens (primary N) is 1. The molecule has 114 valence electrons. The molecule has 1 amide bonds. The average Bonchev–Trinajstić information content (AvgIpc) is 2.40. The van der Waals surface area contributed by atoms with Crippen LogP contribution in [0.5, 0.6) is 5.75 Å². The Hall–Kier alpha value is -1.40. The van der Waals surface area contributed by atoms with Gasteiger partial charge in [-0.15, -0.1) is 12.4 Å². The Balaban J connectivity index is 0.00000361. The Bertz CT molecular complexity index is 472. The minimum absolute atomic E-state index is 0. The molecule has 2 unspecified atom stereocenters. The maximum atomic E-state index is 13.6. The van der Waals surface area contributed by atoms with Crippen molar-refractivity contribution >= 4 is 24.0 Å². The molecular formula is C13H19ClF2N2O2. The Kier molecular flexibility index (Phi) is 7.45. The number of amides is 1. The number of ether oxygens (including phenoxy) is 1. The van der Waals surface area contributed by atoms with E-state index in [4.69, 9.17) is 5.73 Å². The zero-order valence-corrected chi connectivity index (χ0v) is 12.4. The van der Waals surface area contributed by atoms with Gasteiger partial charge in [0.2, 0.25) is 5.91 Å². The number of nitrogens with one attached hydrogen (secondary N) is 1. The smallest absolute Gasteiger partial charge is 0.241 e. The molecule has 20 heavy (non-hydrogen) atoms. The minimum Gasteiger partial charge on any atom is -0.494 e. The molecule has 1 rings (SSSR count). The standard InChI is InChI=1S/C13H18F2N2O2.ClH/c1-4-7(2)12(16)13(18)17-10-5-9(15)11(19-3)6-8(10)14;/h5-7,12H,4,16H2,1-3H3,(H,17,18);1H. The molecule has 0 saturated carbocycles. The molecule has 0 aliphatic carbocycles. The van der Waals surface area contributed by atoms with Gasteiger partial charge in [0.25, 0.3) is 0 Å². The summed E-state index contributed by atoms with van der Waals surface area (Å²) in [6.07, 6.45) is 0.716. The quantitative estimate of drug-likeness (QED) is 0.879. The Morgan fingerprint density at radius 1 is 1.40 bits per heavy atom. The van der Waals surface area contributed by atoms with Crippen LogP contribution >= 0.6 is 12.4 Å². The van der Waals surface area contributed by atoms with E-state index in [1.165, 1.54) is 7.11 Å². The molecule has 0 aliphatic heterocycles. The number of halogens is 3. The topological polar surface area (TPSA) is 64.4 Å². The lowest BCUT2D eigenvalue weighted by molar-refractivity contribution is -0.118. The molecule has 0 bridgehead atoms. The number of rotatable bonds is 5. The summed E-state index contributed by atoms with van der Waals surface area (Å²) in [5, 5.41) is 2.28. The van der Waals surface area contributed by atoms with Crippen molar-refractivity contribution in [1.82, 2.24) is 0 Å². The highest BCUT2D eigenvalue weighted by Gasteiger charge is 2.21. The number of carbonyl (C=O) groups is 1. The number of carbonyl (C=O) groups excluding carboxylic acids is 1. The van der Waals surface area contributed by atoms with Crippen molar-refractivity contribution in [2.45, 2.75) is 26.3 Å². The zero-order chi connectivity index (χ0) is 14.6. The number of benzene rings is 1. The molecule has 7 heteroatoms. The van der Waals surface area contributed by atoms with Crippen LogP contribution in [0.1, 0.15) is 20.3 Å². The summed E-state index contributed by atoms with van der Waals surface area (Å²) in [5.41, 5.74) is 5.46. The van der Waals surface area contributed by atoms with Crippen LogP contribution in [0, 0.1) is 17.6 Å². The van der Waals surface area contributed by atoms with Crippen molar-refractivity contribution in [3.63, 3.8) is 0 Å². The minimum atomic E-state index is -0.775. The first-order chi connectivity index (χ1) is 8.90. The molecular weight excluding hydrogens is 290 g/mol. The third kappa shape index (κ3) is 4.31. The summed E-state index contributed by atoms with van der Waals surface area (Å²) in [5.74, 6) is -2.34. The highest BCUT2D eigenvalue weighted by Crippen LogP contribution is 2.24. The third-order valence-electron chi connectivity index (χ3n) is 3.06. The van der Waals surface area contributed by atoms with Gasteiger partial charge in [-0.3, -0.25) is 4.79 Å². The molecule has 2 atom stereocenters. The lowest BCUT2D eigenvalue weighted by Gasteiger charge is -2.18. The van der Waals surface area contributed by atoms with Crippen LogP contribution in [0.2, 0.25) is 0 Å². The zero-order valence-electron chi connectivity index (χ0n) is 11.6. The van der Waals surface area contributed by atoms with Crippen LogP contribution in [0.4, 0.5) is 14.5 Å². The Morgan fingerprint density at radius 3 is 2.50 bits per heavy atom. The molecule has 0 spiro atoms. The molecule has 0 heterocycles. The lowest BCUT2D eigenvalue weighted by atomic mass is 9.99. The monoisotopic (exact) mass is 308 g/mol. The predicted octanol–water partition coefficient (Wildman–Crippen LogP) is 2.71. The SMILES string of the molecule is CCC(C)C(N)C(=O)Nc1cc(F)c(OC)cc1F.Cl. The van der Waals surface area contributed by atoms with Crippen molar-refractivity contribution in [2.24, 2.45) is 11.7 Å². The molecule has 0 radical (unpaired) electrons. The lowest BCUT2D eigenvalue weighted by Crippen LogP contribution is -2.40. The normalized spacial score (nSPS) is 13.1. The second-order valence-electron chi connectivity index (χ2n) is 4.37. The number of methoxy groups -OCH3 is 1. The van der Waals surface area contributed by atoms with E-state index in [1.54, 1.807) is 0 Å². The summed E-state index contributed by atoms with van der Waals surface area (Å²) in [7, 11) is 1.23. The van der Waals surface area contributed by atoms with Gasteiger partial charge in [0.15, 0.2) is 17.4 Å². The second-order valence-corrected chi connectivity index (χ2v) is 4.37. The molecule has 0 saturated heterocycles. The van der Waals surface area contributed by atoms with Crippen molar-refractivity contribution in [2.75, 3.05) is 12.4 Å². The molecule has 1 aromatic carbocycles. The fourth-order valence-corrected chi connectivity index (χ4v) is 1.51. The molecule has 1 aromatic rings. The van der Waals surface area contributed by atoms with Gasteiger partial charge in [-0.25, -0.2) is 8.78 Å². The van der Waals surface area contributed by atoms with Crippen LogP contribution in [0.15, 0.2) is 12.1 Å². The summed E-state index contributed by atoms with van der Waals surface area (Å²) < 4.78 is 31.7. The van der Waals surface area contributed by atoms with Gasteiger partial charge in [0.05, 0.1) is 18.8 Å². The van der Waals surface area contributed by atoms with Crippen LogP contribution in [0.3, 0.4) is 0 Å². The fraction of sp³-hybridized carbons (Fsp3) is 0.462. The van der Waals surface area contributed by atoms with E-state index in [0.29, 0.717) is 6.42 Å². The number of hydrogen-bond acceptors (Lipinski definition) is 3. The maximum absolute atomic E-state index is 13.6. The van der Waals surface area contributed by atoms with Gasteiger partial charge < -0.3 is 15.8 Å². The van der Waals surface area contributed by atoms with Crippen LogP contribution in [0.25, 0.3) is 0 Å². The Labute approximate surface area is 123 Å². The summed E-state index contributed by atoms with van der Waals surface area (Å²) in [4.78, 5) is 11.8. The van der Waals surface area contributed by atoms with Crippen molar-refractivity contribution in [3.8, 4) is 5.75 Å². The van der Waals surface area contributed by atoms with E-state index in [-0.39, 0.29) is 29.8 Å². The fourth-order valence-electron chi connectivity index (χ4n) is 1.51. The number of hydrogen-bond donors (Lipinski definition) is 2. The summed E-state index contributed by atoms with van der Waals surface area (Å²) in [6.45, 7) is 3.71. The first-order valence-corrected chi connectivity index (χ1v) is 6.00. The molecule has 4 nitrogen and oxygen atoms in total. The highest BCUT2D eigenvalue weighted by atomic mass is 35.5. The predicted molar refractivity (Wildman–Crippen MR) is 76.2 cm³/mol. The van der Waals surface area contributed by atoms with Gasteiger partial charge >= 0.3 is 0 Å². The molecule has 0 aromatic heterocycles. The van der Waals surface area contributed by atoms with Gasteiger partial charge in [-0.05, 0) is 5.92 Å². The van der Waals surface area contributed by atoms with Gasteiger partial charge in [-0.2, -0.15) is 0 Å². The van der Waals surface area contributed by atoms with Crippen molar-refractivity contribution < 1.29 is 18.3 Å². The highest BCUT2D eigenvalue weighted by molar-refractivity contribution is 5.95. The van der Waals surface area contributed by atoms with E-state index in [9.17, 15) is 13.6 Å². The molecule has 0 aliphatic rings. The van der Waals surface area contributed by atoms with Crippen LogP contribution in [-0.2, 0) is 4.79 Å². The summed E-state index contributed by atoms with van der Waals surface area (Å²) in [6, 6.07) is 0.976. The maximum Gasteiger partial charge on any atom is 0.241 e. The van der Waals surface area contributed by atoms with E-state index >= 15 is 0 Å².